The lowest BCUT2D eigenvalue weighted by Gasteiger charge is -2.23. The highest BCUT2D eigenvalue weighted by molar-refractivity contribution is 8.00. The van der Waals surface area contributed by atoms with Gasteiger partial charge in [-0.05, 0) is 50.3 Å². The molecule has 118 valence electrons. The highest BCUT2D eigenvalue weighted by atomic mass is 32.2. The van der Waals surface area contributed by atoms with Gasteiger partial charge in [0.05, 0.1) is 10.8 Å². The molecule has 0 fully saturated rings. The summed E-state index contributed by atoms with van der Waals surface area (Å²) >= 11 is 1.37. The van der Waals surface area contributed by atoms with Gasteiger partial charge in [0.2, 0.25) is 11.1 Å². The minimum atomic E-state index is -0.280. The maximum Gasteiger partial charge on any atom is 0.240 e. The smallest absolute Gasteiger partial charge is 0.240 e. The molecule has 1 aromatic carbocycles. The Hall–Kier alpha value is -1.89. The molecule has 2 aromatic rings. The van der Waals surface area contributed by atoms with Crippen molar-refractivity contribution < 1.29 is 4.79 Å². The predicted molar refractivity (Wildman–Crippen MR) is 88.0 cm³/mol. The number of amides is 1. The number of carbonyl (C=O) groups excluding carboxylic acids is 1. The molecular weight excluding hydrogens is 298 g/mol. The van der Waals surface area contributed by atoms with Gasteiger partial charge in [-0.3, -0.25) is 4.79 Å². The zero-order chi connectivity index (χ0) is 16.3. The summed E-state index contributed by atoms with van der Waals surface area (Å²) in [5.74, 6) is 0.0136. The molecule has 6 nitrogen and oxygen atoms in total. The quantitative estimate of drug-likeness (QED) is 0.811. The lowest BCUT2D eigenvalue weighted by Crippen LogP contribution is -2.33. The van der Waals surface area contributed by atoms with Crippen LogP contribution in [0.2, 0.25) is 0 Å². The van der Waals surface area contributed by atoms with Crippen LogP contribution in [-0.2, 0) is 10.3 Å². The van der Waals surface area contributed by atoms with Gasteiger partial charge >= 0.3 is 0 Å². The molecule has 7 heteroatoms. The van der Waals surface area contributed by atoms with Crippen LogP contribution in [0.3, 0.4) is 0 Å². The fourth-order valence-corrected chi connectivity index (χ4v) is 3.00. The van der Waals surface area contributed by atoms with E-state index in [0.717, 1.165) is 5.69 Å². The Labute approximate surface area is 134 Å². The zero-order valence-corrected chi connectivity index (χ0v) is 14.3. The third kappa shape index (κ3) is 3.65. The average molecular weight is 319 g/mol. The molecule has 0 unspecified atom stereocenters. The third-order valence-electron chi connectivity index (χ3n) is 3.18. The number of aromatic nitrogens is 4. The van der Waals surface area contributed by atoms with Gasteiger partial charge < -0.3 is 4.90 Å². The van der Waals surface area contributed by atoms with E-state index in [1.54, 1.807) is 16.6 Å². The second-order valence-corrected chi connectivity index (χ2v) is 7.34. The van der Waals surface area contributed by atoms with Crippen molar-refractivity contribution in [3.05, 3.63) is 30.3 Å². The maximum absolute atomic E-state index is 12.6. The largest absolute Gasteiger partial charge is 0.315 e. The molecule has 0 N–H and O–H groups in total. The number of tetrazole rings is 1. The molecule has 2 rings (SSSR count). The van der Waals surface area contributed by atoms with Crippen LogP contribution in [0.15, 0.2) is 35.5 Å². The standard InChI is InChI=1S/C15H21N5OS/c1-11(13(21)19(5)12-9-7-6-8-10-12)22-14-16-17-18-20(14)15(2,3)4/h6-11H,1-5H3/t11-/m0/s1. The van der Waals surface area contributed by atoms with Gasteiger partial charge in [0.1, 0.15) is 0 Å². The highest BCUT2D eigenvalue weighted by Gasteiger charge is 2.25. The molecule has 0 aliphatic heterocycles. The molecule has 1 heterocycles. The Morgan fingerprint density at radius 2 is 1.91 bits per heavy atom. The number of carbonyl (C=O) groups is 1. The van der Waals surface area contributed by atoms with Crippen molar-refractivity contribution in [2.24, 2.45) is 0 Å². The van der Waals surface area contributed by atoms with Crippen molar-refractivity contribution in [2.75, 3.05) is 11.9 Å². The number of hydrogen-bond donors (Lipinski definition) is 0. The number of thioether (sulfide) groups is 1. The first-order valence-electron chi connectivity index (χ1n) is 7.09. The van der Waals surface area contributed by atoms with Gasteiger partial charge in [0, 0.05) is 12.7 Å². The summed E-state index contributed by atoms with van der Waals surface area (Å²) in [6.07, 6.45) is 0. The summed E-state index contributed by atoms with van der Waals surface area (Å²) < 4.78 is 1.74. The van der Waals surface area contributed by atoms with Gasteiger partial charge in [-0.25, -0.2) is 4.68 Å². The minimum absolute atomic E-state index is 0.0136. The average Bonchev–Trinajstić information content (AvgIpc) is 2.95. The Balaban J connectivity index is 2.11. The van der Waals surface area contributed by atoms with Gasteiger partial charge in [-0.1, -0.05) is 30.0 Å². The number of hydrogen-bond acceptors (Lipinski definition) is 5. The van der Waals surface area contributed by atoms with Crippen LogP contribution < -0.4 is 4.90 Å². The zero-order valence-electron chi connectivity index (χ0n) is 13.5. The number of rotatable bonds is 4. The molecule has 22 heavy (non-hydrogen) atoms. The second kappa shape index (κ2) is 6.48. The third-order valence-corrected chi connectivity index (χ3v) is 4.20. The van der Waals surface area contributed by atoms with E-state index < -0.39 is 0 Å². The molecule has 0 bridgehead atoms. The fraction of sp³-hybridized carbons (Fsp3) is 0.467. The van der Waals surface area contributed by atoms with E-state index in [0.29, 0.717) is 5.16 Å². The van der Waals surface area contributed by atoms with E-state index in [9.17, 15) is 4.79 Å². The second-order valence-electron chi connectivity index (χ2n) is 6.04. The predicted octanol–water partition coefficient (Wildman–Crippen LogP) is 2.57. The van der Waals surface area contributed by atoms with E-state index in [1.807, 2.05) is 58.0 Å². The summed E-state index contributed by atoms with van der Waals surface area (Å²) in [4.78, 5) is 14.2. The number of para-hydroxylation sites is 1. The van der Waals surface area contributed by atoms with Crippen molar-refractivity contribution in [1.82, 2.24) is 20.2 Å². The molecule has 0 aliphatic rings. The van der Waals surface area contributed by atoms with E-state index in [4.69, 9.17) is 0 Å². The van der Waals surface area contributed by atoms with E-state index in [-0.39, 0.29) is 16.7 Å². The van der Waals surface area contributed by atoms with E-state index >= 15 is 0 Å². The summed E-state index contributed by atoms with van der Waals surface area (Å²) in [6, 6.07) is 9.58. The maximum atomic E-state index is 12.6. The first-order valence-corrected chi connectivity index (χ1v) is 7.97. The first kappa shape index (κ1) is 16.5. The number of anilines is 1. The van der Waals surface area contributed by atoms with Crippen LogP contribution in [0.4, 0.5) is 5.69 Å². The topological polar surface area (TPSA) is 63.9 Å². The minimum Gasteiger partial charge on any atom is -0.315 e. The Morgan fingerprint density at radius 1 is 1.27 bits per heavy atom. The van der Waals surface area contributed by atoms with Crippen molar-refractivity contribution in [3.63, 3.8) is 0 Å². The normalized spacial score (nSPS) is 13.0. The molecule has 0 aliphatic carbocycles. The van der Waals surface area contributed by atoms with E-state index in [2.05, 4.69) is 15.5 Å². The monoisotopic (exact) mass is 319 g/mol. The van der Waals surface area contributed by atoms with Crippen LogP contribution in [-0.4, -0.2) is 38.4 Å². The van der Waals surface area contributed by atoms with Crippen LogP contribution in [0.1, 0.15) is 27.7 Å². The molecule has 1 aromatic heterocycles. The molecule has 0 saturated heterocycles. The summed E-state index contributed by atoms with van der Waals surface area (Å²) in [5.41, 5.74) is 0.648. The lowest BCUT2D eigenvalue weighted by molar-refractivity contribution is -0.117. The molecule has 1 amide bonds. The number of benzene rings is 1. The van der Waals surface area contributed by atoms with Crippen LogP contribution in [0.25, 0.3) is 0 Å². The molecule has 1 atom stereocenters. The lowest BCUT2D eigenvalue weighted by atomic mass is 10.1. The highest BCUT2D eigenvalue weighted by Crippen LogP contribution is 2.26. The van der Waals surface area contributed by atoms with Crippen LogP contribution in [0.5, 0.6) is 0 Å². The molecule has 0 saturated carbocycles. The fourth-order valence-electron chi connectivity index (χ4n) is 1.93. The Bertz CT molecular complexity index is 635. The first-order chi connectivity index (χ1) is 10.3. The molecule has 0 radical (unpaired) electrons. The van der Waals surface area contributed by atoms with Gasteiger partial charge in [0.15, 0.2) is 0 Å². The summed E-state index contributed by atoms with van der Waals surface area (Å²) in [5, 5.41) is 12.1. The van der Waals surface area contributed by atoms with Crippen LogP contribution in [0, 0.1) is 0 Å². The van der Waals surface area contributed by atoms with Gasteiger partial charge in [-0.2, -0.15) is 0 Å². The van der Waals surface area contributed by atoms with Crippen molar-refractivity contribution in [3.8, 4) is 0 Å². The van der Waals surface area contributed by atoms with Crippen molar-refractivity contribution in [2.45, 2.75) is 43.6 Å². The van der Waals surface area contributed by atoms with Crippen molar-refractivity contribution >= 4 is 23.4 Å². The van der Waals surface area contributed by atoms with Gasteiger partial charge in [0.25, 0.3) is 0 Å². The number of nitrogens with zero attached hydrogens (tertiary/aromatic N) is 5. The van der Waals surface area contributed by atoms with Gasteiger partial charge in [-0.15, -0.1) is 5.10 Å². The molecular formula is C15H21N5OS. The van der Waals surface area contributed by atoms with Crippen LogP contribution >= 0.6 is 11.8 Å². The SMILES string of the molecule is C[C@H](Sc1nnnn1C(C)(C)C)C(=O)N(C)c1ccccc1. The Morgan fingerprint density at radius 3 is 2.50 bits per heavy atom. The summed E-state index contributed by atoms with van der Waals surface area (Å²) in [7, 11) is 1.78. The Kier molecular flexibility index (Phi) is 4.85. The van der Waals surface area contributed by atoms with E-state index in [1.165, 1.54) is 11.8 Å². The van der Waals surface area contributed by atoms with Crippen molar-refractivity contribution in [1.29, 1.82) is 0 Å². The summed E-state index contributed by atoms with van der Waals surface area (Å²) in [6.45, 7) is 7.94. The molecule has 0 spiro atoms.